The lowest BCUT2D eigenvalue weighted by Crippen LogP contribution is -2.45. The van der Waals surface area contributed by atoms with E-state index in [1.165, 1.54) is 0 Å². The normalized spacial score (nSPS) is 13.4. The maximum Gasteiger partial charge on any atom is 0.161 e. The molecule has 5 heteroatoms. The third kappa shape index (κ3) is 3.58. The van der Waals surface area contributed by atoms with Gasteiger partial charge in [-0.2, -0.15) is 5.10 Å². The fourth-order valence-electron chi connectivity index (χ4n) is 3.10. The highest BCUT2D eigenvalue weighted by Crippen LogP contribution is 2.39. The Kier molecular flexibility index (Phi) is 7.18. The van der Waals surface area contributed by atoms with E-state index in [0.717, 1.165) is 37.3 Å². The Bertz CT molecular complexity index is 414. The number of aromatic nitrogens is 2. The van der Waals surface area contributed by atoms with E-state index in [0.29, 0.717) is 6.61 Å². The predicted molar refractivity (Wildman–Crippen MR) is 85.8 cm³/mol. The summed E-state index contributed by atoms with van der Waals surface area (Å²) in [5, 5.41) is 7.92. The third-order valence-electron chi connectivity index (χ3n) is 4.22. The van der Waals surface area contributed by atoms with Gasteiger partial charge in [0.15, 0.2) is 5.75 Å². The molecule has 0 bridgehead atoms. The van der Waals surface area contributed by atoms with Crippen LogP contribution in [0.15, 0.2) is 6.20 Å². The highest BCUT2D eigenvalue weighted by Gasteiger charge is 2.40. The quantitative estimate of drug-likeness (QED) is 0.720. The van der Waals surface area contributed by atoms with Gasteiger partial charge in [-0.15, -0.1) is 0 Å². The molecule has 0 radical (unpaired) electrons. The fourth-order valence-corrected chi connectivity index (χ4v) is 3.10. The molecule has 0 aliphatic rings. The molecule has 122 valence electrons. The Balaban J connectivity index is 3.32. The molecule has 1 unspecified atom stereocenters. The lowest BCUT2D eigenvalue weighted by atomic mass is 9.85. The number of nitrogens with one attached hydrogen (secondary N) is 1. The summed E-state index contributed by atoms with van der Waals surface area (Å²) >= 11 is 0. The lowest BCUT2D eigenvalue weighted by Gasteiger charge is -2.39. The first-order chi connectivity index (χ1) is 10.1. The first kappa shape index (κ1) is 18.0. The van der Waals surface area contributed by atoms with Crippen molar-refractivity contribution in [2.24, 2.45) is 0 Å². The second-order valence-corrected chi connectivity index (χ2v) is 5.25. The predicted octanol–water partition coefficient (Wildman–Crippen LogP) is 3.16. The van der Waals surface area contributed by atoms with Crippen molar-refractivity contribution >= 4 is 0 Å². The number of rotatable bonds is 10. The molecule has 1 N–H and O–H groups in total. The van der Waals surface area contributed by atoms with E-state index in [1.807, 2.05) is 18.7 Å². The summed E-state index contributed by atoms with van der Waals surface area (Å²) in [7, 11) is 3.68. The van der Waals surface area contributed by atoms with Crippen LogP contribution in [0.4, 0.5) is 0 Å². The van der Waals surface area contributed by atoms with Crippen molar-refractivity contribution in [2.75, 3.05) is 20.8 Å². The molecule has 21 heavy (non-hydrogen) atoms. The molecule has 0 saturated carbocycles. The molecule has 1 atom stereocenters. The highest BCUT2D eigenvalue weighted by atomic mass is 16.5. The second-order valence-electron chi connectivity index (χ2n) is 5.25. The molecule has 0 aromatic carbocycles. The number of hydrogen-bond acceptors (Lipinski definition) is 4. The van der Waals surface area contributed by atoms with Crippen LogP contribution in [0.1, 0.15) is 58.7 Å². The Morgan fingerprint density at radius 1 is 1.29 bits per heavy atom. The van der Waals surface area contributed by atoms with Crippen molar-refractivity contribution < 1.29 is 9.47 Å². The van der Waals surface area contributed by atoms with Crippen LogP contribution in [0, 0.1) is 0 Å². The van der Waals surface area contributed by atoms with Crippen LogP contribution in [0.2, 0.25) is 0 Å². The van der Waals surface area contributed by atoms with Gasteiger partial charge in [-0.05, 0) is 33.2 Å². The maximum absolute atomic E-state index is 6.18. The van der Waals surface area contributed by atoms with Gasteiger partial charge in [0.25, 0.3) is 0 Å². The molecule has 0 aliphatic heterocycles. The number of hydrogen-bond donors (Lipinski definition) is 1. The van der Waals surface area contributed by atoms with Gasteiger partial charge in [0.05, 0.1) is 24.9 Å². The molecular formula is C16H31N3O2. The van der Waals surface area contributed by atoms with Crippen molar-refractivity contribution in [3.05, 3.63) is 11.9 Å². The molecule has 1 rings (SSSR count). The molecule has 0 spiro atoms. The number of methoxy groups -OCH3 is 1. The van der Waals surface area contributed by atoms with Crippen molar-refractivity contribution in [1.29, 1.82) is 0 Å². The number of ether oxygens (including phenoxy) is 2. The summed E-state index contributed by atoms with van der Waals surface area (Å²) in [5.74, 6) is 0.828. The SMILES string of the molecule is CCCn1ncc(OC)c1C(NC)C(CC)(CC)OCC. The Morgan fingerprint density at radius 3 is 2.38 bits per heavy atom. The van der Waals surface area contributed by atoms with E-state index >= 15 is 0 Å². The first-order valence-corrected chi connectivity index (χ1v) is 8.04. The Hall–Kier alpha value is -1.07. The van der Waals surface area contributed by atoms with E-state index in [2.05, 4.69) is 31.2 Å². The van der Waals surface area contributed by atoms with Crippen molar-refractivity contribution in [2.45, 2.75) is 65.1 Å². The monoisotopic (exact) mass is 297 g/mol. The molecule has 0 aliphatic carbocycles. The zero-order valence-corrected chi connectivity index (χ0v) is 14.4. The highest BCUT2D eigenvalue weighted by molar-refractivity contribution is 5.30. The van der Waals surface area contributed by atoms with Gasteiger partial charge in [0.2, 0.25) is 0 Å². The number of aryl methyl sites for hydroxylation is 1. The van der Waals surface area contributed by atoms with Gasteiger partial charge in [0.1, 0.15) is 5.69 Å². The summed E-state index contributed by atoms with van der Waals surface area (Å²) in [6.45, 7) is 10.1. The Labute approximate surface area is 129 Å². The first-order valence-electron chi connectivity index (χ1n) is 8.04. The summed E-state index contributed by atoms with van der Waals surface area (Å²) in [6.07, 6.45) is 4.71. The zero-order valence-electron chi connectivity index (χ0n) is 14.4. The largest absolute Gasteiger partial charge is 0.493 e. The summed E-state index contributed by atoms with van der Waals surface area (Å²) < 4.78 is 13.8. The average Bonchev–Trinajstić information content (AvgIpc) is 2.90. The molecule has 0 saturated heterocycles. The van der Waals surface area contributed by atoms with Crippen molar-refractivity contribution in [3.8, 4) is 5.75 Å². The van der Waals surface area contributed by atoms with Crippen LogP contribution in [0.5, 0.6) is 5.75 Å². The van der Waals surface area contributed by atoms with Crippen molar-refractivity contribution in [3.63, 3.8) is 0 Å². The zero-order chi connectivity index (χ0) is 15.9. The van der Waals surface area contributed by atoms with Gasteiger partial charge < -0.3 is 14.8 Å². The third-order valence-corrected chi connectivity index (χ3v) is 4.22. The van der Waals surface area contributed by atoms with E-state index in [1.54, 1.807) is 13.3 Å². The minimum Gasteiger partial charge on any atom is -0.493 e. The van der Waals surface area contributed by atoms with E-state index < -0.39 is 0 Å². The molecule has 1 heterocycles. The maximum atomic E-state index is 6.18. The van der Waals surface area contributed by atoms with Gasteiger partial charge in [0, 0.05) is 13.2 Å². The van der Waals surface area contributed by atoms with Crippen LogP contribution < -0.4 is 10.1 Å². The molecule has 1 aromatic heterocycles. The average molecular weight is 297 g/mol. The molecule has 0 amide bonds. The van der Waals surface area contributed by atoms with Crippen molar-refractivity contribution in [1.82, 2.24) is 15.1 Å². The molecule has 5 nitrogen and oxygen atoms in total. The fraction of sp³-hybridized carbons (Fsp3) is 0.812. The van der Waals surface area contributed by atoms with Gasteiger partial charge in [-0.25, -0.2) is 0 Å². The van der Waals surface area contributed by atoms with Crippen LogP contribution >= 0.6 is 0 Å². The van der Waals surface area contributed by atoms with Crippen LogP contribution in [0.3, 0.4) is 0 Å². The minimum absolute atomic E-state index is 0.0523. The minimum atomic E-state index is -0.248. The van der Waals surface area contributed by atoms with Crippen LogP contribution in [0.25, 0.3) is 0 Å². The Morgan fingerprint density at radius 2 is 1.95 bits per heavy atom. The molecule has 0 fully saturated rings. The second kappa shape index (κ2) is 8.39. The molecule has 1 aromatic rings. The number of nitrogens with zero attached hydrogens (tertiary/aromatic N) is 2. The van der Waals surface area contributed by atoms with Gasteiger partial charge >= 0.3 is 0 Å². The summed E-state index contributed by atoms with van der Waals surface area (Å²) in [6, 6.07) is 0.0523. The summed E-state index contributed by atoms with van der Waals surface area (Å²) in [5.41, 5.74) is 0.835. The van der Waals surface area contributed by atoms with Crippen LogP contribution in [-0.4, -0.2) is 36.1 Å². The van der Waals surface area contributed by atoms with E-state index in [4.69, 9.17) is 9.47 Å². The van der Waals surface area contributed by atoms with E-state index in [-0.39, 0.29) is 11.6 Å². The smallest absolute Gasteiger partial charge is 0.161 e. The lowest BCUT2D eigenvalue weighted by molar-refractivity contribution is -0.0739. The van der Waals surface area contributed by atoms with Gasteiger partial charge in [-0.3, -0.25) is 4.68 Å². The van der Waals surface area contributed by atoms with Crippen LogP contribution in [-0.2, 0) is 11.3 Å². The van der Waals surface area contributed by atoms with Gasteiger partial charge in [-0.1, -0.05) is 20.8 Å². The standard InChI is InChI=1S/C16H31N3O2/c1-7-11-19-14(13(20-6)12-18-19)15(17-5)16(8-2,9-3)21-10-4/h12,15,17H,7-11H2,1-6H3. The topological polar surface area (TPSA) is 48.3 Å². The van der Waals surface area contributed by atoms with E-state index in [9.17, 15) is 0 Å². The summed E-state index contributed by atoms with van der Waals surface area (Å²) in [4.78, 5) is 0. The number of likely N-dealkylation sites (N-methyl/N-ethyl adjacent to an activating group) is 1. The molecular weight excluding hydrogens is 266 g/mol.